The third-order valence-corrected chi connectivity index (χ3v) is 12.1. The second-order valence-electron chi connectivity index (χ2n) is 15.4. The van der Waals surface area contributed by atoms with E-state index in [1.165, 1.54) is 72.1 Å². The van der Waals surface area contributed by atoms with Gasteiger partial charge in [0.1, 0.15) is 0 Å². The molecule has 7 rings (SSSR count). The predicted octanol–water partition coefficient (Wildman–Crippen LogP) is 11.7. The summed E-state index contributed by atoms with van der Waals surface area (Å²) >= 11 is 0. The maximum absolute atomic E-state index is 3.74. The first-order valence-corrected chi connectivity index (χ1v) is 15.9. The Kier molecular flexibility index (Phi) is 5.76. The van der Waals surface area contributed by atoms with Crippen molar-refractivity contribution < 1.29 is 0 Å². The molecule has 0 radical (unpaired) electrons. The molecule has 1 N–H and O–H groups in total. The minimum Gasteiger partial charge on any atom is -0.355 e. The van der Waals surface area contributed by atoms with Crippen LogP contribution in [0.5, 0.6) is 0 Å². The number of nitrogens with one attached hydrogen (secondary N) is 1. The maximum atomic E-state index is 3.74. The van der Waals surface area contributed by atoms with Crippen LogP contribution in [0.15, 0.2) is 84.9 Å². The summed E-state index contributed by atoms with van der Waals surface area (Å²) in [5.41, 5.74) is 16.0. The molecule has 0 atom stereocenters. The van der Waals surface area contributed by atoms with Crippen molar-refractivity contribution in [3.05, 3.63) is 118 Å². The Morgan fingerprint density at radius 1 is 0.488 bits per heavy atom. The van der Waals surface area contributed by atoms with Crippen LogP contribution in [0.1, 0.15) is 88.8 Å². The first-order valence-electron chi connectivity index (χ1n) is 15.9. The maximum Gasteiger partial charge on any atom is 0.0414 e. The Labute approximate surface area is 258 Å². The van der Waals surface area contributed by atoms with E-state index in [4.69, 9.17) is 0 Å². The van der Waals surface area contributed by atoms with Crippen LogP contribution in [-0.4, -0.2) is 0 Å². The van der Waals surface area contributed by atoms with Crippen LogP contribution < -0.4 is 5.32 Å². The fourth-order valence-corrected chi connectivity index (χ4v) is 7.98. The summed E-state index contributed by atoms with van der Waals surface area (Å²) in [6.07, 6.45) is 0. The minimum absolute atomic E-state index is 0.0282. The zero-order valence-corrected chi connectivity index (χ0v) is 27.6. The first kappa shape index (κ1) is 28.0. The first-order chi connectivity index (χ1) is 20.2. The lowest BCUT2D eigenvalue weighted by molar-refractivity contribution is 0.293. The molecule has 0 saturated heterocycles. The zero-order chi connectivity index (χ0) is 30.7. The van der Waals surface area contributed by atoms with Gasteiger partial charge >= 0.3 is 0 Å². The van der Waals surface area contributed by atoms with Crippen LogP contribution in [0.4, 0.5) is 11.4 Å². The van der Waals surface area contributed by atoms with E-state index in [0.29, 0.717) is 0 Å². The monoisotopic (exact) mass is 563 g/mol. The molecule has 43 heavy (non-hydrogen) atoms. The highest BCUT2D eigenvalue weighted by Crippen LogP contribution is 2.60. The van der Waals surface area contributed by atoms with Crippen molar-refractivity contribution in [1.29, 1.82) is 0 Å². The second kappa shape index (κ2) is 8.85. The normalized spacial score (nSPS) is 18.3. The van der Waals surface area contributed by atoms with E-state index >= 15 is 0 Å². The Hall–Kier alpha value is -3.84. The third-order valence-electron chi connectivity index (χ3n) is 12.1. The molecule has 0 heterocycles. The molecule has 1 heteroatoms. The molecule has 0 bridgehead atoms. The number of hydrogen-bond donors (Lipinski definition) is 1. The number of hydrogen-bond acceptors (Lipinski definition) is 1. The van der Waals surface area contributed by atoms with Gasteiger partial charge in [-0.15, -0.1) is 0 Å². The average molecular weight is 564 g/mol. The summed E-state index contributed by atoms with van der Waals surface area (Å²) in [4.78, 5) is 0. The second-order valence-corrected chi connectivity index (χ2v) is 15.4. The van der Waals surface area contributed by atoms with Gasteiger partial charge in [-0.05, 0) is 127 Å². The van der Waals surface area contributed by atoms with Gasteiger partial charge in [-0.3, -0.25) is 0 Å². The SMILES string of the molecule is Cc1ccc(Nc2ccc3c(c2)C(C)(C)C(C)(C)c2cc4c(cc2-3)C(C)(C)C(C)(C)c2ccc3ccccc3c2-4)c(C)c1. The van der Waals surface area contributed by atoms with Crippen molar-refractivity contribution in [2.45, 2.75) is 90.9 Å². The van der Waals surface area contributed by atoms with E-state index in [9.17, 15) is 0 Å². The summed E-state index contributed by atoms with van der Waals surface area (Å²) in [6, 6.07) is 32.5. The van der Waals surface area contributed by atoms with Gasteiger partial charge in [-0.1, -0.05) is 116 Å². The van der Waals surface area contributed by atoms with Gasteiger partial charge in [-0.2, -0.15) is 0 Å². The summed E-state index contributed by atoms with van der Waals surface area (Å²) in [7, 11) is 0. The van der Waals surface area contributed by atoms with E-state index < -0.39 is 0 Å². The van der Waals surface area contributed by atoms with Gasteiger partial charge in [-0.25, -0.2) is 0 Å². The largest absolute Gasteiger partial charge is 0.355 e. The van der Waals surface area contributed by atoms with Gasteiger partial charge in [0.15, 0.2) is 0 Å². The van der Waals surface area contributed by atoms with Gasteiger partial charge in [0.25, 0.3) is 0 Å². The zero-order valence-electron chi connectivity index (χ0n) is 27.6. The van der Waals surface area contributed by atoms with Crippen LogP contribution in [0.2, 0.25) is 0 Å². The van der Waals surface area contributed by atoms with Gasteiger partial charge in [0.05, 0.1) is 0 Å². The Morgan fingerprint density at radius 2 is 1.09 bits per heavy atom. The molecule has 0 fully saturated rings. The molecule has 0 unspecified atom stereocenters. The summed E-state index contributed by atoms with van der Waals surface area (Å²) in [6.45, 7) is 23.9. The van der Waals surface area contributed by atoms with Crippen LogP contribution in [0, 0.1) is 13.8 Å². The summed E-state index contributed by atoms with van der Waals surface area (Å²) in [5, 5.41) is 6.42. The molecule has 0 spiro atoms. The van der Waals surface area contributed by atoms with E-state index in [-0.39, 0.29) is 21.7 Å². The average Bonchev–Trinajstić information content (AvgIpc) is 2.96. The fourth-order valence-electron chi connectivity index (χ4n) is 7.98. The summed E-state index contributed by atoms with van der Waals surface area (Å²) in [5.74, 6) is 0. The van der Waals surface area contributed by atoms with E-state index in [1.54, 1.807) is 0 Å². The lowest BCUT2D eigenvalue weighted by atomic mass is 9.51. The lowest BCUT2D eigenvalue weighted by Gasteiger charge is -2.52. The Balaban J connectivity index is 1.49. The molecular formula is C42H45N. The molecule has 5 aromatic rings. The van der Waals surface area contributed by atoms with Gasteiger partial charge < -0.3 is 5.32 Å². The standard InChI is InChI=1S/C42H45N/c1-25-15-20-37(26(2)21-25)43-28-17-18-30-31-23-36-32(24-35(31)41(7,8)40(5,6)34(30)22-28)38-29-14-12-11-13-27(29)16-19-33(38)39(3,4)42(36,9)10/h11-24,43H,1-10H3. The smallest absolute Gasteiger partial charge is 0.0414 e. The predicted molar refractivity (Wildman–Crippen MR) is 186 cm³/mol. The number of rotatable bonds is 2. The van der Waals surface area contributed by atoms with Crippen LogP contribution in [0.3, 0.4) is 0 Å². The van der Waals surface area contributed by atoms with E-state index in [0.717, 1.165) is 5.69 Å². The highest BCUT2D eigenvalue weighted by atomic mass is 14.9. The summed E-state index contributed by atoms with van der Waals surface area (Å²) < 4.78 is 0. The van der Waals surface area contributed by atoms with Crippen molar-refractivity contribution in [1.82, 2.24) is 0 Å². The van der Waals surface area contributed by atoms with Crippen molar-refractivity contribution in [2.24, 2.45) is 0 Å². The number of anilines is 2. The minimum atomic E-state index is -0.0788. The van der Waals surface area contributed by atoms with Crippen LogP contribution in [0.25, 0.3) is 33.0 Å². The van der Waals surface area contributed by atoms with Crippen LogP contribution >= 0.6 is 0 Å². The van der Waals surface area contributed by atoms with Crippen LogP contribution in [-0.2, 0) is 21.7 Å². The van der Waals surface area contributed by atoms with Crippen molar-refractivity contribution >= 4 is 22.1 Å². The van der Waals surface area contributed by atoms with Crippen molar-refractivity contribution in [3.63, 3.8) is 0 Å². The molecule has 218 valence electrons. The van der Waals surface area contributed by atoms with Crippen molar-refractivity contribution in [3.8, 4) is 22.3 Å². The lowest BCUT2D eigenvalue weighted by Crippen LogP contribution is -2.46. The van der Waals surface area contributed by atoms with Gasteiger partial charge in [0.2, 0.25) is 0 Å². The molecular weight excluding hydrogens is 518 g/mol. The molecule has 1 nitrogen and oxygen atoms in total. The molecule has 0 saturated carbocycles. The Bertz CT molecular complexity index is 1960. The number of fused-ring (bicyclic) bond motifs is 8. The van der Waals surface area contributed by atoms with E-state index in [1.807, 2.05) is 0 Å². The van der Waals surface area contributed by atoms with Gasteiger partial charge in [0, 0.05) is 11.4 Å². The third kappa shape index (κ3) is 3.70. The quantitative estimate of drug-likeness (QED) is 0.225. The van der Waals surface area contributed by atoms with E-state index in [2.05, 4.69) is 159 Å². The highest BCUT2D eigenvalue weighted by molar-refractivity contribution is 6.02. The molecule has 2 aliphatic rings. The Morgan fingerprint density at radius 3 is 1.79 bits per heavy atom. The molecule has 0 amide bonds. The topological polar surface area (TPSA) is 12.0 Å². The fraction of sp³-hybridized carbons (Fsp3) is 0.333. The number of aryl methyl sites for hydroxylation is 2. The highest BCUT2D eigenvalue weighted by Gasteiger charge is 2.50. The molecule has 0 aliphatic heterocycles. The molecule has 2 aliphatic carbocycles. The molecule has 0 aromatic heterocycles. The molecule has 5 aromatic carbocycles. The number of benzene rings is 5. The van der Waals surface area contributed by atoms with Crippen molar-refractivity contribution in [2.75, 3.05) is 5.32 Å².